The van der Waals surface area contributed by atoms with Crippen LogP contribution in [0.3, 0.4) is 0 Å². The van der Waals surface area contributed by atoms with Crippen LogP contribution in [0.4, 0.5) is 0 Å². The van der Waals surface area contributed by atoms with Gasteiger partial charge in [0.25, 0.3) is 0 Å². The van der Waals surface area contributed by atoms with E-state index >= 15 is 0 Å². The average Bonchev–Trinajstić information content (AvgIpc) is 2.11. The van der Waals surface area contributed by atoms with Crippen LogP contribution in [0, 0.1) is 17.2 Å². The van der Waals surface area contributed by atoms with E-state index in [-0.39, 0.29) is 11.9 Å². The van der Waals surface area contributed by atoms with Gasteiger partial charge in [-0.05, 0) is 12.8 Å². The lowest BCUT2D eigenvalue weighted by Crippen LogP contribution is -2.15. The third kappa shape index (κ3) is 3.97. The van der Waals surface area contributed by atoms with E-state index in [1.54, 1.807) is 0 Å². The Morgan fingerprint density at radius 3 is 2.67 bits per heavy atom. The Morgan fingerprint density at radius 2 is 2.25 bits per heavy atom. The van der Waals surface area contributed by atoms with Crippen molar-refractivity contribution in [3.05, 3.63) is 0 Å². The first-order valence-electron chi connectivity index (χ1n) is 4.21. The fraction of sp³-hybridized carbons (Fsp3) is 0.778. The van der Waals surface area contributed by atoms with Crippen molar-refractivity contribution in [1.29, 1.82) is 5.26 Å². The molecule has 1 unspecified atom stereocenters. The number of rotatable bonds is 5. The first-order chi connectivity index (χ1) is 5.76. The monoisotopic (exact) mass is 169 g/mol. The number of hydrogen-bond acceptors (Lipinski definition) is 3. The average molecular weight is 169 g/mol. The van der Waals surface area contributed by atoms with Gasteiger partial charge in [0, 0.05) is 6.42 Å². The van der Waals surface area contributed by atoms with Gasteiger partial charge in [-0.15, -0.1) is 0 Å². The maximum atomic E-state index is 11.1. The molecule has 0 amide bonds. The summed E-state index contributed by atoms with van der Waals surface area (Å²) in [5, 5.41) is 8.34. The summed E-state index contributed by atoms with van der Waals surface area (Å²) < 4.78 is 4.61. The number of ether oxygens (including phenoxy) is 1. The first kappa shape index (κ1) is 11.0. The Balaban J connectivity index is 3.86. The molecule has 0 aliphatic carbocycles. The van der Waals surface area contributed by atoms with Crippen LogP contribution in [0.25, 0.3) is 0 Å². The van der Waals surface area contributed by atoms with Crippen LogP contribution in [0.15, 0.2) is 0 Å². The fourth-order valence-corrected chi connectivity index (χ4v) is 1.13. The second kappa shape index (κ2) is 6.66. The number of carbonyl (C=O) groups is 1. The molecule has 0 saturated heterocycles. The zero-order valence-electron chi connectivity index (χ0n) is 7.67. The minimum absolute atomic E-state index is 0.0837. The molecule has 1 atom stereocenters. The van der Waals surface area contributed by atoms with Crippen LogP contribution in [0.5, 0.6) is 0 Å². The zero-order valence-corrected chi connectivity index (χ0v) is 7.67. The lowest BCUT2D eigenvalue weighted by Gasteiger charge is -2.10. The number of carbonyl (C=O) groups excluding carboxylic acids is 1. The van der Waals surface area contributed by atoms with Crippen molar-refractivity contribution in [1.82, 2.24) is 0 Å². The van der Waals surface area contributed by atoms with Gasteiger partial charge in [0.15, 0.2) is 0 Å². The van der Waals surface area contributed by atoms with Crippen LogP contribution in [0.2, 0.25) is 0 Å². The van der Waals surface area contributed by atoms with Gasteiger partial charge in [-0.2, -0.15) is 5.26 Å². The molecule has 68 valence electrons. The van der Waals surface area contributed by atoms with E-state index < -0.39 is 0 Å². The maximum Gasteiger partial charge on any atom is 0.308 e. The summed E-state index contributed by atoms with van der Waals surface area (Å²) >= 11 is 0. The SMILES string of the molecule is CCCC(CCC#N)C(=O)OC. The molecule has 0 aromatic rings. The normalized spacial score (nSPS) is 11.8. The highest BCUT2D eigenvalue weighted by Gasteiger charge is 2.16. The van der Waals surface area contributed by atoms with Gasteiger partial charge in [0.05, 0.1) is 19.1 Å². The van der Waals surface area contributed by atoms with Gasteiger partial charge in [-0.1, -0.05) is 13.3 Å². The highest BCUT2D eigenvalue weighted by atomic mass is 16.5. The summed E-state index contributed by atoms with van der Waals surface area (Å²) in [5.41, 5.74) is 0. The minimum Gasteiger partial charge on any atom is -0.469 e. The van der Waals surface area contributed by atoms with Crippen molar-refractivity contribution in [2.45, 2.75) is 32.6 Å². The Morgan fingerprint density at radius 1 is 1.58 bits per heavy atom. The van der Waals surface area contributed by atoms with Crippen LogP contribution in [-0.4, -0.2) is 13.1 Å². The van der Waals surface area contributed by atoms with Gasteiger partial charge in [0.2, 0.25) is 0 Å². The summed E-state index contributed by atoms with van der Waals surface area (Å²) in [6.45, 7) is 2.02. The topological polar surface area (TPSA) is 50.1 Å². The van der Waals surface area contributed by atoms with E-state index in [0.29, 0.717) is 12.8 Å². The van der Waals surface area contributed by atoms with Crippen molar-refractivity contribution in [3.63, 3.8) is 0 Å². The molecule has 12 heavy (non-hydrogen) atoms. The molecule has 0 aromatic carbocycles. The van der Waals surface area contributed by atoms with Crippen molar-refractivity contribution in [3.8, 4) is 6.07 Å². The number of esters is 1. The second-order valence-electron chi connectivity index (χ2n) is 2.71. The predicted octanol–water partition coefficient (Wildman–Crippen LogP) is 1.88. The lowest BCUT2D eigenvalue weighted by molar-refractivity contribution is -0.145. The van der Waals surface area contributed by atoms with Gasteiger partial charge in [-0.25, -0.2) is 0 Å². The summed E-state index contributed by atoms with van der Waals surface area (Å²) in [4.78, 5) is 11.1. The Kier molecular flexibility index (Phi) is 6.08. The predicted molar refractivity (Wildman–Crippen MR) is 45.3 cm³/mol. The number of methoxy groups -OCH3 is 1. The van der Waals surface area contributed by atoms with E-state index in [4.69, 9.17) is 5.26 Å². The van der Waals surface area contributed by atoms with Gasteiger partial charge in [0.1, 0.15) is 0 Å². The molecule has 0 radical (unpaired) electrons. The van der Waals surface area contributed by atoms with Crippen molar-refractivity contribution in [2.24, 2.45) is 5.92 Å². The molecule has 0 spiro atoms. The Bertz CT molecular complexity index is 172. The fourth-order valence-electron chi connectivity index (χ4n) is 1.13. The van der Waals surface area contributed by atoms with Crippen LogP contribution < -0.4 is 0 Å². The highest BCUT2D eigenvalue weighted by Crippen LogP contribution is 2.14. The molecule has 0 rings (SSSR count). The first-order valence-corrected chi connectivity index (χ1v) is 4.21. The minimum atomic E-state index is -0.188. The molecule has 0 bridgehead atoms. The Labute approximate surface area is 73.3 Å². The molecule has 0 fully saturated rings. The smallest absolute Gasteiger partial charge is 0.308 e. The van der Waals surface area contributed by atoms with Crippen LogP contribution in [0.1, 0.15) is 32.6 Å². The largest absolute Gasteiger partial charge is 0.469 e. The summed E-state index contributed by atoms with van der Waals surface area (Å²) in [5.74, 6) is -0.272. The van der Waals surface area contributed by atoms with Gasteiger partial charge < -0.3 is 4.74 Å². The summed E-state index contributed by atoms with van der Waals surface area (Å²) in [6.07, 6.45) is 2.82. The molecule has 3 nitrogen and oxygen atoms in total. The van der Waals surface area contributed by atoms with E-state index in [1.807, 2.05) is 13.0 Å². The molecule has 3 heteroatoms. The molecular formula is C9H15NO2. The molecule has 0 N–H and O–H groups in total. The number of hydrogen-bond donors (Lipinski definition) is 0. The van der Waals surface area contributed by atoms with Crippen molar-refractivity contribution in [2.75, 3.05) is 7.11 Å². The van der Waals surface area contributed by atoms with E-state index in [9.17, 15) is 4.79 Å². The van der Waals surface area contributed by atoms with E-state index in [0.717, 1.165) is 12.8 Å². The summed E-state index contributed by atoms with van der Waals surface area (Å²) in [6, 6.07) is 2.03. The standard InChI is InChI=1S/C9H15NO2/c1-3-5-8(6-4-7-10)9(11)12-2/h8H,3-6H2,1-2H3. The molecule has 0 heterocycles. The van der Waals surface area contributed by atoms with Gasteiger partial charge in [-0.3, -0.25) is 4.79 Å². The molecule has 0 saturated carbocycles. The van der Waals surface area contributed by atoms with E-state index in [1.165, 1.54) is 7.11 Å². The zero-order chi connectivity index (χ0) is 9.40. The molecule has 0 aliphatic rings. The third-order valence-electron chi connectivity index (χ3n) is 1.78. The van der Waals surface area contributed by atoms with E-state index in [2.05, 4.69) is 4.74 Å². The van der Waals surface area contributed by atoms with Crippen LogP contribution >= 0.6 is 0 Å². The quantitative estimate of drug-likeness (QED) is 0.590. The molecule has 0 aliphatic heterocycles. The summed E-state index contributed by atoms with van der Waals surface area (Å²) in [7, 11) is 1.39. The van der Waals surface area contributed by atoms with Crippen LogP contribution in [-0.2, 0) is 9.53 Å². The molecular weight excluding hydrogens is 154 g/mol. The maximum absolute atomic E-state index is 11.1. The number of nitriles is 1. The van der Waals surface area contributed by atoms with Gasteiger partial charge >= 0.3 is 5.97 Å². The van der Waals surface area contributed by atoms with Crippen molar-refractivity contribution >= 4 is 5.97 Å². The lowest BCUT2D eigenvalue weighted by atomic mass is 9.99. The second-order valence-corrected chi connectivity index (χ2v) is 2.71. The highest BCUT2D eigenvalue weighted by molar-refractivity contribution is 5.72. The molecule has 0 aromatic heterocycles. The van der Waals surface area contributed by atoms with Crippen molar-refractivity contribution < 1.29 is 9.53 Å². The number of nitrogens with zero attached hydrogens (tertiary/aromatic N) is 1. The third-order valence-corrected chi connectivity index (χ3v) is 1.78. The Hall–Kier alpha value is -1.04.